The summed E-state index contributed by atoms with van der Waals surface area (Å²) in [6.07, 6.45) is 2.97. The van der Waals surface area contributed by atoms with Crippen LogP contribution in [-0.2, 0) is 19.1 Å². The number of fused-ring (bicyclic) bond motifs is 1. The standard InChI is InChI=1S/C24H30N2O7/c1-3-12-25(15-6-8-16(32-2)9-7-15)22(29)20-24-11-10-17(33-24)18(23(30)31)19(24)21(28)26(20)13-4-5-14-27/h3,6-9,17-20,27H,1,4-5,10-14H2,2H3,(H,30,31)/t17-,18+,19+,20?,24?/m1/s1. The molecule has 0 aromatic heterocycles. The van der Waals surface area contributed by atoms with Gasteiger partial charge in [0.2, 0.25) is 5.91 Å². The van der Waals surface area contributed by atoms with Crippen LogP contribution in [0.5, 0.6) is 5.75 Å². The topological polar surface area (TPSA) is 117 Å². The van der Waals surface area contributed by atoms with E-state index in [1.807, 2.05) is 0 Å². The number of likely N-dealkylation sites (tertiary alicyclic amines) is 1. The summed E-state index contributed by atoms with van der Waals surface area (Å²) in [5, 5.41) is 19.0. The molecule has 2 amide bonds. The number of nitrogens with zero attached hydrogens (tertiary/aromatic N) is 2. The minimum Gasteiger partial charge on any atom is -0.497 e. The number of carboxylic acids is 1. The van der Waals surface area contributed by atoms with Gasteiger partial charge in [-0.2, -0.15) is 0 Å². The molecule has 4 rings (SSSR count). The monoisotopic (exact) mass is 458 g/mol. The van der Waals surface area contributed by atoms with Gasteiger partial charge in [0.05, 0.1) is 25.0 Å². The van der Waals surface area contributed by atoms with Crippen LogP contribution in [0.1, 0.15) is 25.7 Å². The van der Waals surface area contributed by atoms with E-state index in [4.69, 9.17) is 9.47 Å². The van der Waals surface area contributed by atoms with Crippen molar-refractivity contribution in [3.8, 4) is 5.75 Å². The van der Waals surface area contributed by atoms with Crippen LogP contribution >= 0.6 is 0 Å². The lowest BCUT2D eigenvalue weighted by Gasteiger charge is -2.36. The maximum atomic E-state index is 14.1. The zero-order valence-electron chi connectivity index (χ0n) is 18.7. The fourth-order valence-corrected chi connectivity index (χ4v) is 5.71. The Balaban J connectivity index is 1.73. The van der Waals surface area contributed by atoms with Crippen LogP contribution in [0.2, 0.25) is 0 Å². The van der Waals surface area contributed by atoms with E-state index in [1.165, 1.54) is 4.90 Å². The first-order valence-electron chi connectivity index (χ1n) is 11.3. The highest BCUT2D eigenvalue weighted by molar-refractivity contribution is 6.04. The van der Waals surface area contributed by atoms with Crippen molar-refractivity contribution in [1.82, 2.24) is 4.90 Å². The first kappa shape index (κ1) is 23.3. The molecule has 1 aromatic carbocycles. The molecule has 3 fully saturated rings. The van der Waals surface area contributed by atoms with E-state index in [0.717, 1.165) is 0 Å². The van der Waals surface area contributed by atoms with E-state index >= 15 is 0 Å². The van der Waals surface area contributed by atoms with E-state index in [9.17, 15) is 24.6 Å². The predicted octanol–water partition coefficient (Wildman–Crippen LogP) is 1.45. The maximum absolute atomic E-state index is 14.1. The van der Waals surface area contributed by atoms with Gasteiger partial charge in [0.15, 0.2) is 0 Å². The van der Waals surface area contributed by atoms with Gasteiger partial charge in [-0.05, 0) is 49.9 Å². The number of rotatable bonds is 10. The Morgan fingerprint density at radius 3 is 2.67 bits per heavy atom. The Morgan fingerprint density at radius 2 is 2.06 bits per heavy atom. The molecule has 1 spiro atoms. The second kappa shape index (κ2) is 9.15. The number of ether oxygens (including phenoxy) is 2. The molecule has 5 atom stereocenters. The lowest BCUT2D eigenvalue weighted by Crippen LogP contribution is -2.56. The average molecular weight is 459 g/mol. The summed E-state index contributed by atoms with van der Waals surface area (Å²) in [6.45, 7) is 4.21. The summed E-state index contributed by atoms with van der Waals surface area (Å²) in [5.41, 5.74) is -0.543. The van der Waals surface area contributed by atoms with Crippen LogP contribution in [0.15, 0.2) is 36.9 Å². The number of carbonyl (C=O) groups is 3. The molecule has 2 unspecified atom stereocenters. The zero-order chi connectivity index (χ0) is 23.8. The third kappa shape index (κ3) is 3.69. The summed E-state index contributed by atoms with van der Waals surface area (Å²) in [4.78, 5) is 42.6. The molecular weight excluding hydrogens is 428 g/mol. The van der Waals surface area contributed by atoms with E-state index < -0.39 is 35.6 Å². The first-order valence-corrected chi connectivity index (χ1v) is 11.3. The summed E-state index contributed by atoms with van der Waals surface area (Å²) < 4.78 is 11.4. The third-order valence-electron chi connectivity index (χ3n) is 7.09. The third-order valence-corrected chi connectivity index (χ3v) is 7.09. The number of carboxylic acid groups (broad SMARTS) is 1. The molecule has 2 bridgehead atoms. The largest absolute Gasteiger partial charge is 0.497 e. The molecule has 3 aliphatic rings. The predicted molar refractivity (Wildman–Crippen MR) is 119 cm³/mol. The van der Waals surface area contributed by atoms with Gasteiger partial charge < -0.3 is 29.5 Å². The molecule has 3 heterocycles. The van der Waals surface area contributed by atoms with Crippen molar-refractivity contribution in [2.75, 3.05) is 31.7 Å². The normalized spacial score (nSPS) is 29.8. The van der Waals surface area contributed by atoms with Crippen LogP contribution < -0.4 is 9.64 Å². The molecule has 3 saturated heterocycles. The molecule has 0 aliphatic carbocycles. The van der Waals surface area contributed by atoms with Gasteiger partial charge in [-0.1, -0.05) is 6.08 Å². The number of aliphatic hydroxyl groups excluding tert-OH is 1. The molecule has 3 aliphatic heterocycles. The minimum atomic E-state index is -1.16. The quantitative estimate of drug-likeness (QED) is 0.403. The molecule has 9 heteroatoms. The van der Waals surface area contributed by atoms with E-state index in [-0.39, 0.29) is 31.5 Å². The average Bonchev–Trinajstić information content (AvgIpc) is 3.45. The number of methoxy groups -OCH3 is 1. The van der Waals surface area contributed by atoms with Crippen molar-refractivity contribution in [3.63, 3.8) is 0 Å². The van der Waals surface area contributed by atoms with Crippen LogP contribution in [0.25, 0.3) is 0 Å². The molecule has 9 nitrogen and oxygen atoms in total. The molecule has 2 N–H and O–H groups in total. The Morgan fingerprint density at radius 1 is 1.33 bits per heavy atom. The van der Waals surface area contributed by atoms with Gasteiger partial charge in [-0.25, -0.2) is 0 Å². The smallest absolute Gasteiger partial charge is 0.310 e. The molecule has 178 valence electrons. The number of anilines is 1. The number of hydrogen-bond acceptors (Lipinski definition) is 6. The number of carbonyl (C=O) groups excluding carboxylic acids is 2. The summed E-state index contributed by atoms with van der Waals surface area (Å²) in [7, 11) is 1.56. The van der Waals surface area contributed by atoms with Crippen molar-refractivity contribution in [3.05, 3.63) is 36.9 Å². The number of unbranched alkanes of at least 4 members (excludes halogenated alkanes) is 1. The molecule has 33 heavy (non-hydrogen) atoms. The van der Waals surface area contributed by atoms with E-state index in [1.54, 1.807) is 42.4 Å². The van der Waals surface area contributed by atoms with Crippen molar-refractivity contribution in [2.24, 2.45) is 11.8 Å². The maximum Gasteiger partial charge on any atom is 0.310 e. The van der Waals surface area contributed by atoms with Crippen LogP contribution in [0.4, 0.5) is 5.69 Å². The summed E-state index contributed by atoms with van der Waals surface area (Å²) in [6, 6.07) is 6.07. The number of aliphatic hydroxyl groups is 1. The van der Waals surface area contributed by atoms with Gasteiger partial charge in [0.1, 0.15) is 17.4 Å². The van der Waals surface area contributed by atoms with Gasteiger partial charge >= 0.3 is 5.97 Å². The molecule has 0 saturated carbocycles. The van der Waals surface area contributed by atoms with Crippen molar-refractivity contribution >= 4 is 23.5 Å². The highest BCUT2D eigenvalue weighted by Gasteiger charge is 2.74. The number of aliphatic carboxylic acids is 1. The van der Waals surface area contributed by atoms with Gasteiger partial charge in [0.25, 0.3) is 5.91 Å². The number of amides is 2. The molecule has 0 radical (unpaired) electrons. The second-order valence-corrected chi connectivity index (χ2v) is 8.79. The SMILES string of the molecule is C=CCN(C(=O)C1N(CCCCO)C(=O)[C@@H]2[C@@H](C(=O)O)[C@H]3CCC12O3)c1ccc(OC)cc1. The Bertz CT molecular complexity index is 933. The highest BCUT2D eigenvalue weighted by atomic mass is 16.5. The summed E-state index contributed by atoms with van der Waals surface area (Å²) in [5.74, 6) is -2.95. The second-order valence-electron chi connectivity index (χ2n) is 8.79. The minimum absolute atomic E-state index is 0.0278. The number of benzene rings is 1. The fourth-order valence-electron chi connectivity index (χ4n) is 5.71. The van der Waals surface area contributed by atoms with E-state index in [2.05, 4.69) is 6.58 Å². The van der Waals surface area contributed by atoms with Crippen molar-refractivity contribution < 1.29 is 34.1 Å². The van der Waals surface area contributed by atoms with Gasteiger partial charge in [-0.15, -0.1) is 6.58 Å². The van der Waals surface area contributed by atoms with Crippen LogP contribution in [-0.4, -0.2) is 77.4 Å². The van der Waals surface area contributed by atoms with Crippen LogP contribution in [0, 0.1) is 11.8 Å². The Kier molecular flexibility index (Phi) is 6.45. The van der Waals surface area contributed by atoms with Gasteiger partial charge in [0, 0.05) is 25.4 Å². The molecular formula is C24H30N2O7. The summed E-state index contributed by atoms with van der Waals surface area (Å²) >= 11 is 0. The molecule has 1 aromatic rings. The Hall–Kier alpha value is -2.91. The van der Waals surface area contributed by atoms with Crippen molar-refractivity contribution in [2.45, 2.75) is 43.4 Å². The Labute approximate surface area is 192 Å². The van der Waals surface area contributed by atoms with E-state index in [0.29, 0.717) is 37.1 Å². The first-order chi connectivity index (χ1) is 15.9. The lowest BCUT2D eigenvalue weighted by atomic mass is 9.70. The van der Waals surface area contributed by atoms with Gasteiger partial charge in [-0.3, -0.25) is 14.4 Å². The highest BCUT2D eigenvalue weighted by Crippen LogP contribution is 2.58. The van der Waals surface area contributed by atoms with Crippen molar-refractivity contribution in [1.29, 1.82) is 0 Å². The van der Waals surface area contributed by atoms with Crippen LogP contribution in [0.3, 0.4) is 0 Å². The fraction of sp³-hybridized carbons (Fsp3) is 0.542. The lowest BCUT2D eigenvalue weighted by molar-refractivity contribution is -0.149. The number of hydrogen-bond donors (Lipinski definition) is 2. The zero-order valence-corrected chi connectivity index (χ0v) is 18.7.